The molecule has 1 amide bonds. The third kappa shape index (κ3) is 2.93. The number of nitrogens with zero attached hydrogens (tertiary/aromatic N) is 4. The second-order valence-electron chi connectivity index (χ2n) is 6.96. The lowest BCUT2D eigenvalue weighted by atomic mass is 9.87. The van der Waals surface area contributed by atoms with Crippen molar-refractivity contribution in [3.63, 3.8) is 0 Å². The van der Waals surface area contributed by atoms with Crippen molar-refractivity contribution in [2.75, 3.05) is 13.1 Å². The minimum atomic E-state index is -1.53. The van der Waals surface area contributed by atoms with Gasteiger partial charge in [-0.25, -0.2) is 9.07 Å². The number of benzene rings is 1. The average molecular weight is 344 g/mol. The summed E-state index contributed by atoms with van der Waals surface area (Å²) in [6.07, 6.45) is 3.70. The van der Waals surface area contributed by atoms with Gasteiger partial charge in [0, 0.05) is 6.54 Å². The van der Waals surface area contributed by atoms with Gasteiger partial charge in [-0.2, -0.15) is 0 Å². The minimum Gasteiger partial charge on any atom is -0.391 e. The van der Waals surface area contributed by atoms with Gasteiger partial charge >= 0.3 is 0 Å². The number of aromatic nitrogens is 3. The van der Waals surface area contributed by atoms with Gasteiger partial charge in [-0.15, -0.1) is 5.10 Å². The number of amides is 1. The molecule has 2 heterocycles. The van der Waals surface area contributed by atoms with Crippen LogP contribution < -0.4 is 0 Å². The lowest BCUT2D eigenvalue weighted by Crippen LogP contribution is -2.46. The fourth-order valence-corrected chi connectivity index (χ4v) is 3.63. The number of likely N-dealkylation sites (tertiary alicyclic amines) is 1. The fourth-order valence-electron chi connectivity index (χ4n) is 3.63. The van der Waals surface area contributed by atoms with Crippen molar-refractivity contribution < 1.29 is 14.3 Å². The summed E-state index contributed by atoms with van der Waals surface area (Å²) >= 11 is 0. The number of carbonyl (C=O) groups excluding carboxylic acids is 1. The number of piperidine rings is 1. The van der Waals surface area contributed by atoms with E-state index in [-0.39, 0.29) is 24.2 Å². The highest BCUT2D eigenvalue weighted by Gasteiger charge is 2.40. The molecule has 2 fully saturated rings. The highest BCUT2D eigenvalue weighted by molar-refractivity contribution is 5.92. The zero-order valence-corrected chi connectivity index (χ0v) is 13.9. The molecule has 132 valence electrons. The summed E-state index contributed by atoms with van der Waals surface area (Å²) in [5.74, 6) is -0.308. The Hall–Kier alpha value is -2.28. The number of hydrogen-bond donors (Lipinski definition) is 1. The van der Waals surface area contributed by atoms with Crippen molar-refractivity contribution in [3.05, 3.63) is 47.8 Å². The predicted octanol–water partition coefficient (Wildman–Crippen LogP) is 2.07. The van der Waals surface area contributed by atoms with Gasteiger partial charge in [0.05, 0.1) is 24.9 Å². The molecule has 0 spiro atoms. The van der Waals surface area contributed by atoms with Crippen LogP contribution in [0.4, 0.5) is 4.39 Å². The van der Waals surface area contributed by atoms with Crippen LogP contribution in [0, 0.1) is 0 Å². The molecular weight excluding hydrogens is 323 g/mol. The molecule has 1 saturated carbocycles. The van der Waals surface area contributed by atoms with Crippen LogP contribution in [0.1, 0.15) is 47.8 Å². The summed E-state index contributed by atoms with van der Waals surface area (Å²) < 4.78 is 17.0. The monoisotopic (exact) mass is 344 g/mol. The Morgan fingerprint density at radius 3 is 2.76 bits per heavy atom. The molecule has 1 saturated heterocycles. The third-order valence-electron chi connectivity index (χ3n) is 5.29. The number of rotatable bonds is 3. The molecule has 1 unspecified atom stereocenters. The Labute approximate surface area is 145 Å². The van der Waals surface area contributed by atoms with E-state index in [1.807, 2.05) is 18.2 Å². The average Bonchev–Trinajstić information content (AvgIpc) is 3.09. The van der Waals surface area contributed by atoms with E-state index in [0.29, 0.717) is 24.9 Å². The van der Waals surface area contributed by atoms with Gasteiger partial charge in [-0.05, 0) is 31.2 Å². The standard InChI is InChI=1S/C18H21FN4O2/c19-18(13-5-2-1-3-6-13)9-4-10-22(12-18)17(25)14-11-23(21-20-14)15-7-8-16(15)24/h1-3,5-6,11,15-16,24H,4,7-10,12H2/t15-,16-,18?/m1/s1. The van der Waals surface area contributed by atoms with Crippen molar-refractivity contribution in [1.29, 1.82) is 0 Å². The summed E-state index contributed by atoms with van der Waals surface area (Å²) in [5.41, 5.74) is -0.722. The van der Waals surface area contributed by atoms with Gasteiger partial charge in [0.2, 0.25) is 0 Å². The smallest absolute Gasteiger partial charge is 0.276 e. The van der Waals surface area contributed by atoms with Crippen LogP contribution in [0.2, 0.25) is 0 Å². The van der Waals surface area contributed by atoms with Gasteiger partial charge in [0.25, 0.3) is 5.91 Å². The Bertz CT molecular complexity index is 765. The fraction of sp³-hybridized carbons (Fsp3) is 0.500. The second kappa shape index (κ2) is 6.22. The van der Waals surface area contributed by atoms with E-state index in [1.165, 1.54) is 4.90 Å². The molecule has 25 heavy (non-hydrogen) atoms. The molecule has 1 aliphatic carbocycles. The van der Waals surface area contributed by atoms with Crippen LogP contribution in [0.25, 0.3) is 0 Å². The first kappa shape index (κ1) is 16.2. The lowest BCUT2D eigenvalue weighted by Gasteiger charge is -2.37. The predicted molar refractivity (Wildman–Crippen MR) is 88.7 cm³/mol. The number of aliphatic hydroxyl groups excluding tert-OH is 1. The molecule has 4 rings (SSSR count). The Balaban J connectivity index is 1.50. The maximum absolute atomic E-state index is 15.4. The Morgan fingerprint density at radius 1 is 1.28 bits per heavy atom. The molecule has 1 aromatic carbocycles. The first-order valence-corrected chi connectivity index (χ1v) is 8.70. The maximum Gasteiger partial charge on any atom is 0.276 e. The van der Waals surface area contributed by atoms with Crippen LogP contribution in [0.3, 0.4) is 0 Å². The van der Waals surface area contributed by atoms with Crippen LogP contribution >= 0.6 is 0 Å². The molecule has 1 aliphatic heterocycles. The summed E-state index contributed by atoms with van der Waals surface area (Å²) in [4.78, 5) is 14.2. The van der Waals surface area contributed by atoms with Gasteiger partial charge < -0.3 is 10.0 Å². The number of carbonyl (C=O) groups is 1. The van der Waals surface area contributed by atoms with Crippen molar-refractivity contribution in [3.8, 4) is 0 Å². The molecule has 7 heteroatoms. The van der Waals surface area contributed by atoms with Crippen LogP contribution in [0.15, 0.2) is 36.5 Å². The van der Waals surface area contributed by atoms with Gasteiger partial charge in [-0.3, -0.25) is 4.79 Å². The number of hydrogen-bond acceptors (Lipinski definition) is 4. The molecule has 0 radical (unpaired) electrons. The van der Waals surface area contributed by atoms with Crippen molar-refractivity contribution in [2.45, 2.75) is 43.5 Å². The molecule has 0 bridgehead atoms. The van der Waals surface area contributed by atoms with E-state index in [1.54, 1.807) is 23.0 Å². The summed E-state index contributed by atoms with van der Waals surface area (Å²) in [5, 5.41) is 17.6. The lowest BCUT2D eigenvalue weighted by molar-refractivity contribution is 0.0243. The van der Waals surface area contributed by atoms with Crippen molar-refractivity contribution in [1.82, 2.24) is 19.9 Å². The van der Waals surface area contributed by atoms with Crippen LogP contribution in [0.5, 0.6) is 0 Å². The third-order valence-corrected chi connectivity index (χ3v) is 5.29. The highest BCUT2D eigenvalue weighted by atomic mass is 19.1. The zero-order chi connectivity index (χ0) is 17.4. The number of halogens is 1. The number of alkyl halides is 1. The van der Waals surface area contributed by atoms with E-state index in [0.717, 1.165) is 12.8 Å². The van der Waals surface area contributed by atoms with E-state index in [4.69, 9.17) is 0 Å². The van der Waals surface area contributed by atoms with Crippen molar-refractivity contribution >= 4 is 5.91 Å². The molecular formula is C18H21FN4O2. The Morgan fingerprint density at radius 2 is 2.08 bits per heavy atom. The summed E-state index contributed by atoms with van der Waals surface area (Å²) in [7, 11) is 0. The van der Waals surface area contributed by atoms with Gasteiger partial charge in [0.1, 0.15) is 0 Å². The minimum absolute atomic E-state index is 0.0226. The molecule has 6 nitrogen and oxygen atoms in total. The number of aliphatic hydroxyl groups is 1. The molecule has 1 aromatic heterocycles. The van der Waals surface area contributed by atoms with E-state index >= 15 is 4.39 Å². The van der Waals surface area contributed by atoms with Gasteiger partial charge in [0.15, 0.2) is 11.4 Å². The first-order valence-electron chi connectivity index (χ1n) is 8.70. The highest BCUT2D eigenvalue weighted by Crippen LogP contribution is 2.36. The topological polar surface area (TPSA) is 71.2 Å². The molecule has 3 atom stereocenters. The molecule has 2 aliphatic rings. The zero-order valence-electron chi connectivity index (χ0n) is 13.9. The molecule has 2 aromatic rings. The van der Waals surface area contributed by atoms with Crippen molar-refractivity contribution in [2.24, 2.45) is 0 Å². The maximum atomic E-state index is 15.4. The summed E-state index contributed by atoms with van der Waals surface area (Å²) in [6.45, 7) is 0.533. The van der Waals surface area contributed by atoms with Crippen LogP contribution in [-0.4, -0.2) is 50.1 Å². The van der Waals surface area contributed by atoms with Gasteiger partial charge in [-0.1, -0.05) is 35.5 Å². The summed E-state index contributed by atoms with van der Waals surface area (Å²) in [6, 6.07) is 8.90. The second-order valence-corrected chi connectivity index (χ2v) is 6.96. The molecule has 1 N–H and O–H groups in total. The SMILES string of the molecule is O=C(c1cn([C@@H]2CC[C@H]2O)nn1)N1CCCC(F)(c2ccccc2)C1. The Kier molecular flexibility index (Phi) is 4.03. The van der Waals surface area contributed by atoms with E-state index in [2.05, 4.69) is 10.3 Å². The van der Waals surface area contributed by atoms with Crippen LogP contribution in [-0.2, 0) is 5.67 Å². The van der Waals surface area contributed by atoms with E-state index < -0.39 is 11.8 Å². The van der Waals surface area contributed by atoms with E-state index in [9.17, 15) is 9.90 Å². The normalized spacial score (nSPS) is 29.3. The largest absolute Gasteiger partial charge is 0.391 e. The quantitative estimate of drug-likeness (QED) is 0.925. The first-order chi connectivity index (χ1) is 12.1.